The van der Waals surface area contributed by atoms with Crippen LogP contribution in [0.1, 0.15) is 18.4 Å². The van der Waals surface area contributed by atoms with Gasteiger partial charge in [-0.05, 0) is 37.6 Å². The lowest BCUT2D eigenvalue weighted by Crippen LogP contribution is -2.35. The Morgan fingerprint density at radius 3 is 3.17 bits per heavy atom. The summed E-state index contributed by atoms with van der Waals surface area (Å²) in [6.07, 6.45) is 2.22. The lowest BCUT2D eigenvalue weighted by molar-refractivity contribution is 0.139. The van der Waals surface area contributed by atoms with Crippen LogP contribution >= 0.6 is 0 Å². The van der Waals surface area contributed by atoms with Crippen LogP contribution in [0.15, 0.2) is 24.3 Å². The first-order valence-corrected chi connectivity index (χ1v) is 6.31. The van der Waals surface area contributed by atoms with E-state index in [1.165, 1.54) is 0 Å². The van der Waals surface area contributed by atoms with E-state index < -0.39 is 0 Å². The number of aliphatic hydroxyl groups is 1. The number of ether oxygens (including phenoxy) is 1. The van der Waals surface area contributed by atoms with E-state index >= 15 is 0 Å². The third-order valence-electron chi connectivity index (χ3n) is 3.32. The van der Waals surface area contributed by atoms with Gasteiger partial charge in [0.1, 0.15) is 12.4 Å². The molecule has 1 aromatic rings. The van der Waals surface area contributed by atoms with Gasteiger partial charge in [-0.25, -0.2) is 0 Å². The van der Waals surface area contributed by atoms with Crippen molar-refractivity contribution in [1.82, 2.24) is 4.90 Å². The summed E-state index contributed by atoms with van der Waals surface area (Å²) >= 11 is 0. The molecule has 4 nitrogen and oxygen atoms in total. The molecule has 1 aliphatic heterocycles. The third kappa shape index (κ3) is 3.22. The molecule has 1 unspecified atom stereocenters. The van der Waals surface area contributed by atoms with Crippen molar-refractivity contribution in [2.45, 2.75) is 18.9 Å². The molecule has 0 spiro atoms. The van der Waals surface area contributed by atoms with Crippen LogP contribution in [-0.4, -0.2) is 42.4 Å². The Morgan fingerprint density at radius 2 is 2.39 bits per heavy atom. The molecule has 2 rings (SSSR count). The van der Waals surface area contributed by atoms with E-state index in [2.05, 4.69) is 11.0 Å². The summed E-state index contributed by atoms with van der Waals surface area (Å²) in [4.78, 5) is 2.26. The predicted molar refractivity (Wildman–Crippen MR) is 68.3 cm³/mol. The largest absolute Gasteiger partial charge is 0.492 e. The second-order valence-corrected chi connectivity index (χ2v) is 4.50. The fourth-order valence-electron chi connectivity index (χ4n) is 2.33. The predicted octanol–water partition coefficient (Wildman–Crippen LogP) is 1.39. The molecule has 0 bridgehead atoms. The molecule has 0 aromatic heterocycles. The molecule has 0 radical (unpaired) electrons. The van der Waals surface area contributed by atoms with E-state index in [1.54, 1.807) is 12.1 Å². The molecule has 1 fully saturated rings. The van der Waals surface area contributed by atoms with E-state index in [4.69, 9.17) is 10.00 Å². The Morgan fingerprint density at radius 1 is 1.50 bits per heavy atom. The summed E-state index contributed by atoms with van der Waals surface area (Å²) in [6.45, 7) is 2.67. The normalized spacial score (nSPS) is 19.7. The van der Waals surface area contributed by atoms with Gasteiger partial charge < -0.3 is 9.84 Å². The molecule has 96 valence electrons. The monoisotopic (exact) mass is 246 g/mol. The van der Waals surface area contributed by atoms with E-state index in [-0.39, 0.29) is 6.61 Å². The summed E-state index contributed by atoms with van der Waals surface area (Å²) in [6, 6.07) is 9.56. The molecule has 1 aromatic carbocycles. The first kappa shape index (κ1) is 12.9. The van der Waals surface area contributed by atoms with Crippen LogP contribution in [0.25, 0.3) is 0 Å². The van der Waals surface area contributed by atoms with Crippen molar-refractivity contribution in [3.05, 3.63) is 29.8 Å². The number of hydrogen-bond donors (Lipinski definition) is 1. The van der Waals surface area contributed by atoms with Crippen molar-refractivity contribution in [3.63, 3.8) is 0 Å². The fourth-order valence-corrected chi connectivity index (χ4v) is 2.33. The van der Waals surface area contributed by atoms with Gasteiger partial charge in [-0.2, -0.15) is 5.26 Å². The Kier molecular flexibility index (Phi) is 4.57. The molecule has 18 heavy (non-hydrogen) atoms. The molecule has 1 saturated heterocycles. The van der Waals surface area contributed by atoms with E-state index in [9.17, 15) is 5.11 Å². The van der Waals surface area contributed by atoms with Gasteiger partial charge in [0, 0.05) is 12.6 Å². The minimum Gasteiger partial charge on any atom is -0.492 e. The van der Waals surface area contributed by atoms with Gasteiger partial charge in [0.05, 0.1) is 18.2 Å². The maximum atomic E-state index is 9.20. The topological polar surface area (TPSA) is 56.5 Å². The zero-order valence-electron chi connectivity index (χ0n) is 10.4. The van der Waals surface area contributed by atoms with Gasteiger partial charge in [0.2, 0.25) is 0 Å². The second-order valence-electron chi connectivity index (χ2n) is 4.50. The van der Waals surface area contributed by atoms with Crippen LogP contribution in [0.4, 0.5) is 0 Å². The highest BCUT2D eigenvalue weighted by Crippen LogP contribution is 2.17. The number of aliphatic hydroxyl groups excluding tert-OH is 1. The molecule has 1 N–H and O–H groups in total. The number of hydrogen-bond acceptors (Lipinski definition) is 4. The van der Waals surface area contributed by atoms with Crippen LogP contribution in [0.3, 0.4) is 0 Å². The van der Waals surface area contributed by atoms with Crippen LogP contribution in [0, 0.1) is 11.3 Å². The number of benzene rings is 1. The van der Waals surface area contributed by atoms with Crippen molar-refractivity contribution in [2.24, 2.45) is 0 Å². The third-order valence-corrected chi connectivity index (χ3v) is 3.32. The van der Waals surface area contributed by atoms with Gasteiger partial charge >= 0.3 is 0 Å². The number of nitrogens with zero attached hydrogens (tertiary/aromatic N) is 2. The summed E-state index contributed by atoms with van der Waals surface area (Å²) < 4.78 is 5.63. The molecule has 4 heteroatoms. The molecule has 0 amide bonds. The maximum Gasteiger partial charge on any atom is 0.120 e. The molecule has 0 aliphatic carbocycles. The Balaban J connectivity index is 1.79. The molecular weight excluding hydrogens is 228 g/mol. The minimum atomic E-state index is 0.226. The van der Waals surface area contributed by atoms with Gasteiger partial charge in [0.15, 0.2) is 0 Å². The first-order chi connectivity index (χ1) is 8.83. The van der Waals surface area contributed by atoms with Crippen LogP contribution in [-0.2, 0) is 0 Å². The lowest BCUT2D eigenvalue weighted by Gasteiger charge is -2.22. The summed E-state index contributed by atoms with van der Waals surface area (Å²) in [5.74, 6) is 0.730. The zero-order chi connectivity index (χ0) is 12.8. The second kappa shape index (κ2) is 6.39. The average Bonchev–Trinajstić information content (AvgIpc) is 2.86. The Hall–Kier alpha value is -1.57. The SMILES string of the molecule is N#Cc1cccc(OCCN2CCCC2CO)c1. The van der Waals surface area contributed by atoms with E-state index in [0.717, 1.165) is 31.7 Å². The number of likely N-dealkylation sites (tertiary alicyclic amines) is 1. The van der Waals surface area contributed by atoms with Gasteiger partial charge in [-0.1, -0.05) is 6.07 Å². The highest BCUT2D eigenvalue weighted by atomic mass is 16.5. The Labute approximate surface area is 107 Å². The zero-order valence-corrected chi connectivity index (χ0v) is 10.4. The summed E-state index contributed by atoms with van der Waals surface area (Å²) in [7, 11) is 0. The standard InChI is InChI=1S/C14H18N2O2/c15-10-12-3-1-5-14(9-12)18-8-7-16-6-2-4-13(16)11-17/h1,3,5,9,13,17H,2,4,6-8,11H2. The molecule has 1 atom stereocenters. The Bertz CT molecular complexity index is 428. The maximum absolute atomic E-state index is 9.20. The van der Waals surface area contributed by atoms with E-state index in [0.29, 0.717) is 18.2 Å². The molecule has 1 aliphatic rings. The molecular formula is C14H18N2O2. The van der Waals surface area contributed by atoms with Gasteiger partial charge in [-0.3, -0.25) is 4.90 Å². The average molecular weight is 246 g/mol. The van der Waals surface area contributed by atoms with Crippen molar-refractivity contribution < 1.29 is 9.84 Å². The molecule has 1 heterocycles. The first-order valence-electron chi connectivity index (χ1n) is 6.31. The number of rotatable bonds is 5. The van der Waals surface area contributed by atoms with Crippen molar-refractivity contribution in [2.75, 3.05) is 26.3 Å². The minimum absolute atomic E-state index is 0.226. The van der Waals surface area contributed by atoms with Crippen LogP contribution < -0.4 is 4.74 Å². The highest BCUT2D eigenvalue weighted by Gasteiger charge is 2.22. The smallest absolute Gasteiger partial charge is 0.120 e. The van der Waals surface area contributed by atoms with Crippen LogP contribution in [0.5, 0.6) is 5.75 Å². The number of nitriles is 1. The van der Waals surface area contributed by atoms with E-state index in [1.807, 2.05) is 12.1 Å². The summed E-state index contributed by atoms with van der Waals surface area (Å²) in [5, 5.41) is 18.0. The highest BCUT2D eigenvalue weighted by molar-refractivity contribution is 5.36. The quantitative estimate of drug-likeness (QED) is 0.853. The van der Waals surface area contributed by atoms with Crippen LogP contribution in [0.2, 0.25) is 0 Å². The fraction of sp³-hybridized carbons (Fsp3) is 0.500. The summed E-state index contributed by atoms with van der Waals surface area (Å²) in [5.41, 5.74) is 0.613. The van der Waals surface area contributed by atoms with Gasteiger partial charge in [0.25, 0.3) is 0 Å². The lowest BCUT2D eigenvalue weighted by atomic mass is 10.2. The van der Waals surface area contributed by atoms with Gasteiger partial charge in [-0.15, -0.1) is 0 Å². The van der Waals surface area contributed by atoms with Crippen molar-refractivity contribution in [3.8, 4) is 11.8 Å². The van der Waals surface area contributed by atoms with Crippen molar-refractivity contribution in [1.29, 1.82) is 5.26 Å². The van der Waals surface area contributed by atoms with Crippen molar-refractivity contribution >= 4 is 0 Å². The molecule has 0 saturated carbocycles.